The molecule has 0 radical (unpaired) electrons. The van der Waals surface area contributed by atoms with Gasteiger partial charge in [-0.1, -0.05) is 44.2 Å². The van der Waals surface area contributed by atoms with E-state index in [1.165, 1.54) is 16.7 Å². The first-order valence-electron chi connectivity index (χ1n) is 12.3. The number of carbonyl (C=O) groups is 2. The van der Waals surface area contributed by atoms with Crippen molar-refractivity contribution in [3.05, 3.63) is 31.9 Å². The van der Waals surface area contributed by atoms with Crippen LogP contribution in [0.5, 0.6) is 0 Å². The Balaban J connectivity index is 2.10. The molecule has 0 bridgehead atoms. The number of hydrogen-bond donors (Lipinski definition) is 1. The van der Waals surface area contributed by atoms with Gasteiger partial charge in [0.15, 0.2) is 0 Å². The molecule has 2 saturated heterocycles. The zero-order valence-electron chi connectivity index (χ0n) is 21.1. The number of carbonyl (C=O) groups excluding carboxylic acids is 1. The summed E-state index contributed by atoms with van der Waals surface area (Å²) in [5.41, 5.74) is 1.04. The number of hydrogen-bond acceptors (Lipinski definition) is 8. The van der Waals surface area contributed by atoms with Gasteiger partial charge in [-0.15, -0.1) is 0 Å². The first-order chi connectivity index (χ1) is 17.2. The third kappa shape index (κ3) is 5.99. The van der Waals surface area contributed by atoms with Crippen molar-refractivity contribution in [1.29, 1.82) is 5.26 Å². The topological polar surface area (TPSA) is 110 Å². The number of piperazine rings is 1. The van der Waals surface area contributed by atoms with Gasteiger partial charge in [0.05, 0.1) is 4.91 Å². The Labute approximate surface area is 221 Å². The Morgan fingerprint density at radius 3 is 2.44 bits per heavy atom. The van der Waals surface area contributed by atoms with Crippen molar-refractivity contribution in [3.63, 3.8) is 0 Å². The average Bonchev–Trinajstić information content (AvgIpc) is 3.12. The second-order valence-corrected chi connectivity index (χ2v) is 10.6. The molecule has 2 aliphatic rings. The van der Waals surface area contributed by atoms with Crippen molar-refractivity contribution in [3.8, 4) is 6.07 Å². The second kappa shape index (κ2) is 12.5. The molecule has 36 heavy (non-hydrogen) atoms. The summed E-state index contributed by atoms with van der Waals surface area (Å²) in [7, 11) is 0. The van der Waals surface area contributed by atoms with Gasteiger partial charge in [-0.25, -0.2) is 0 Å². The smallest absolute Gasteiger partial charge is 0.303 e. The number of likely N-dealkylation sites (N-methyl/N-ethyl adjacent to an activating group) is 1. The Morgan fingerprint density at radius 2 is 1.86 bits per heavy atom. The number of unbranched alkanes of at least 4 members (excludes halogenated alkanes) is 1. The number of aromatic nitrogens is 1. The van der Waals surface area contributed by atoms with Crippen molar-refractivity contribution >= 4 is 52.1 Å². The van der Waals surface area contributed by atoms with E-state index >= 15 is 0 Å². The molecule has 1 N–H and O–H groups in total. The molecule has 2 fully saturated rings. The third-order valence-corrected chi connectivity index (χ3v) is 8.00. The van der Waals surface area contributed by atoms with Gasteiger partial charge in [-0.3, -0.25) is 23.9 Å². The summed E-state index contributed by atoms with van der Waals surface area (Å²) in [6.07, 6.45) is 3.71. The van der Waals surface area contributed by atoms with Crippen molar-refractivity contribution in [1.82, 2.24) is 14.4 Å². The van der Waals surface area contributed by atoms with E-state index < -0.39 is 5.97 Å². The van der Waals surface area contributed by atoms with Crippen LogP contribution in [0.2, 0.25) is 0 Å². The van der Waals surface area contributed by atoms with E-state index in [0.29, 0.717) is 33.3 Å². The second-order valence-electron chi connectivity index (χ2n) is 8.91. The summed E-state index contributed by atoms with van der Waals surface area (Å²) < 4.78 is 2.09. The van der Waals surface area contributed by atoms with Crippen LogP contribution in [-0.4, -0.2) is 74.9 Å². The van der Waals surface area contributed by atoms with Gasteiger partial charge in [0.25, 0.3) is 11.5 Å². The van der Waals surface area contributed by atoms with Crippen molar-refractivity contribution in [2.24, 2.45) is 0 Å². The molecule has 3 rings (SSSR count). The molecule has 0 aromatic carbocycles. The number of nitriles is 1. The monoisotopic (exact) mass is 531 g/mol. The molecule has 11 heteroatoms. The van der Waals surface area contributed by atoms with Crippen LogP contribution in [0.15, 0.2) is 9.70 Å². The fourth-order valence-electron chi connectivity index (χ4n) is 4.50. The largest absolute Gasteiger partial charge is 0.481 e. The van der Waals surface area contributed by atoms with E-state index in [1.807, 2.05) is 0 Å². The van der Waals surface area contributed by atoms with Crippen molar-refractivity contribution in [2.45, 2.75) is 53.0 Å². The highest BCUT2D eigenvalue weighted by molar-refractivity contribution is 8.26. The number of aliphatic carboxylic acids is 1. The minimum Gasteiger partial charge on any atom is -0.481 e. The number of anilines is 1. The Morgan fingerprint density at radius 1 is 1.17 bits per heavy atom. The van der Waals surface area contributed by atoms with Crippen LogP contribution in [-0.2, 0) is 16.1 Å². The summed E-state index contributed by atoms with van der Waals surface area (Å²) >= 11 is 6.59. The lowest BCUT2D eigenvalue weighted by Gasteiger charge is -2.37. The van der Waals surface area contributed by atoms with E-state index in [4.69, 9.17) is 17.3 Å². The number of thioether (sulfide) groups is 1. The summed E-state index contributed by atoms with van der Waals surface area (Å²) in [5, 5.41) is 18.8. The first-order valence-corrected chi connectivity index (χ1v) is 13.6. The zero-order chi connectivity index (χ0) is 26.4. The van der Waals surface area contributed by atoms with Crippen LogP contribution in [0.3, 0.4) is 0 Å². The molecule has 3 heterocycles. The van der Waals surface area contributed by atoms with E-state index in [-0.39, 0.29) is 30.0 Å². The lowest BCUT2D eigenvalue weighted by molar-refractivity contribution is -0.137. The zero-order valence-corrected chi connectivity index (χ0v) is 22.7. The average molecular weight is 532 g/mol. The number of carboxylic acid groups (broad SMARTS) is 1. The molecule has 2 aliphatic heterocycles. The summed E-state index contributed by atoms with van der Waals surface area (Å²) in [6, 6.07) is 2.09. The van der Waals surface area contributed by atoms with E-state index in [1.54, 1.807) is 17.6 Å². The highest BCUT2D eigenvalue weighted by Crippen LogP contribution is 2.36. The predicted octanol–water partition coefficient (Wildman–Crippen LogP) is 3.04. The van der Waals surface area contributed by atoms with E-state index in [0.717, 1.165) is 51.4 Å². The predicted molar refractivity (Wildman–Crippen MR) is 146 cm³/mol. The van der Waals surface area contributed by atoms with Crippen LogP contribution in [0, 0.1) is 18.3 Å². The fraction of sp³-hybridized carbons (Fsp3) is 0.560. The minimum atomic E-state index is -0.919. The Bertz CT molecular complexity index is 1160. The molecule has 0 saturated carbocycles. The van der Waals surface area contributed by atoms with Gasteiger partial charge in [0, 0.05) is 51.3 Å². The Kier molecular flexibility index (Phi) is 9.70. The molecule has 0 unspecified atom stereocenters. The molecule has 194 valence electrons. The molecular weight excluding hydrogens is 498 g/mol. The number of thiocarbonyl (C=S) groups is 1. The maximum Gasteiger partial charge on any atom is 0.303 e. The van der Waals surface area contributed by atoms with Crippen molar-refractivity contribution < 1.29 is 14.7 Å². The third-order valence-electron chi connectivity index (χ3n) is 6.62. The van der Waals surface area contributed by atoms with Gasteiger partial charge < -0.3 is 14.9 Å². The number of pyridine rings is 1. The number of carboxylic acids is 1. The number of rotatable bonds is 10. The molecule has 1 aromatic rings. The lowest BCUT2D eigenvalue weighted by Crippen LogP contribution is -2.48. The van der Waals surface area contributed by atoms with Gasteiger partial charge in [-0.2, -0.15) is 5.26 Å². The fourth-order valence-corrected chi connectivity index (χ4v) is 5.79. The summed E-state index contributed by atoms with van der Waals surface area (Å²) in [4.78, 5) is 43.9. The van der Waals surface area contributed by atoms with Gasteiger partial charge in [0.1, 0.15) is 21.8 Å². The SMILES string of the molecule is CCCCn1c(N2CCN(CC)CC2)c(/C=C2\SC(=S)N(CCCC(=O)O)C2=O)c(C)c(C#N)c1=O. The summed E-state index contributed by atoms with van der Waals surface area (Å²) in [6.45, 7) is 10.8. The maximum absolute atomic E-state index is 13.4. The molecule has 0 spiro atoms. The van der Waals surface area contributed by atoms with Crippen LogP contribution in [0.25, 0.3) is 6.08 Å². The summed E-state index contributed by atoms with van der Waals surface area (Å²) in [5.74, 6) is -0.448. The van der Waals surface area contributed by atoms with Crippen LogP contribution < -0.4 is 10.5 Å². The van der Waals surface area contributed by atoms with Crippen LogP contribution >= 0.6 is 24.0 Å². The van der Waals surface area contributed by atoms with E-state index in [2.05, 4.69) is 29.7 Å². The van der Waals surface area contributed by atoms with Crippen LogP contribution in [0.4, 0.5) is 5.82 Å². The highest BCUT2D eigenvalue weighted by atomic mass is 32.2. The van der Waals surface area contributed by atoms with Gasteiger partial charge in [0.2, 0.25) is 0 Å². The lowest BCUT2D eigenvalue weighted by atomic mass is 10.0. The molecule has 0 atom stereocenters. The highest BCUT2D eigenvalue weighted by Gasteiger charge is 2.33. The molecule has 0 aliphatic carbocycles. The number of amides is 1. The quantitative estimate of drug-likeness (QED) is 0.360. The standard InChI is InChI=1S/C25H33N5O4S2/c1-4-6-9-29-22(28-13-11-27(5-2)12-14-28)18(17(3)19(16-26)23(29)33)15-20-24(34)30(25(35)36-20)10-7-8-21(31)32/h15H,4-14H2,1-3H3,(H,31,32)/b20-15-. The first kappa shape index (κ1) is 27.9. The van der Waals surface area contributed by atoms with Gasteiger partial charge >= 0.3 is 5.97 Å². The van der Waals surface area contributed by atoms with Gasteiger partial charge in [-0.05, 0) is 37.9 Å². The Hall–Kier alpha value is -2.68. The van der Waals surface area contributed by atoms with E-state index in [9.17, 15) is 19.6 Å². The normalized spacial score (nSPS) is 17.8. The molecule has 9 nitrogen and oxygen atoms in total. The number of nitrogens with zero attached hydrogens (tertiary/aromatic N) is 5. The maximum atomic E-state index is 13.4. The minimum absolute atomic E-state index is 0.0446. The molecule has 1 aromatic heterocycles. The van der Waals surface area contributed by atoms with Crippen LogP contribution in [0.1, 0.15) is 56.2 Å². The van der Waals surface area contributed by atoms with Crippen molar-refractivity contribution in [2.75, 3.05) is 44.2 Å². The molecular formula is C25H33N5O4S2. The molecule has 1 amide bonds.